The van der Waals surface area contributed by atoms with Gasteiger partial charge in [-0.15, -0.1) is 11.6 Å². The normalized spacial score (nSPS) is 11.4. The van der Waals surface area contributed by atoms with Crippen LogP contribution in [0.5, 0.6) is 0 Å². The third-order valence-corrected chi connectivity index (χ3v) is 11.4. The molecule has 312 valence electrons. The summed E-state index contributed by atoms with van der Waals surface area (Å²) in [5, 5.41) is 9.57. The molecule has 0 fully saturated rings. The molecule has 63 heavy (non-hydrogen) atoms. The van der Waals surface area contributed by atoms with E-state index < -0.39 is 10.5 Å². The molecule has 10 aromatic rings. The minimum absolute atomic E-state index is 0.117. The molecular formula is C52H41Cl3N6O2. The van der Waals surface area contributed by atoms with Crippen molar-refractivity contribution in [2.75, 3.05) is 0 Å². The van der Waals surface area contributed by atoms with Gasteiger partial charge in [-0.3, -0.25) is 0 Å². The van der Waals surface area contributed by atoms with E-state index in [1.54, 1.807) is 18.2 Å². The molecule has 4 aromatic heterocycles. The van der Waals surface area contributed by atoms with Gasteiger partial charge in [0.1, 0.15) is 45.6 Å². The summed E-state index contributed by atoms with van der Waals surface area (Å²) >= 11 is 18.8. The molecule has 8 nitrogen and oxygen atoms in total. The van der Waals surface area contributed by atoms with Gasteiger partial charge in [-0.25, -0.2) is 19.9 Å². The van der Waals surface area contributed by atoms with Gasteiger partial charge < -0.3 is 19.8 Å². The molecule has 0 aliphatic rings. The van der Waals surface area contributed by atoms with Gasteiger partial charge in [0.2, 0.25) is 0 Å². The highest BCUT2D eigenvalue weighted by Gasteiger charge is 2.38. The summed E-state index contributed by atoms with van der Waals surface area (Å²) in [5.41, 5.74) is 8.31. The Morgan fingerprint density at radius 2 is 0.730 bits per heavy atom. The molecule has 4 heterocycles. The third-order valence-electron chi connectivity index (χ3n) is 10.4. The molecular weight excluding hydrogens is 847 g/mol. The summed E-state index contributed by atoms with van der Waals surface area (Å²) in [4.78, 5) is 22.3. The molecule has 0 radical (unpaired) electrons. The molecule has 11 heteroatoms. The number of aliphatic hydroxyl groups excluding tert-OH is 1. The van der Waals surface area contributed by atoms with E-state index in [9.17, 15) is 0 Å². The zero-order chi connectivity index (χ0) is 43.5. The van der Waals surface area contributed by atoms with E-state index in [4.69, 9.17) is 44.6 Å². The summed E-state index contributed by atoms with van der Waals surface area (Å²) in [5.74, 6) is 1.19. The van der Waals surface area contributed by atoms with Crippen molar-refractivity contribution in [3.63, 3.8) is 0 Å². The molecule has 0 amide bonds. The zero-order valence-electron chi connectivity index (χ0n) is 33.8. The van der Waals surface area contributed by atoms with Crippen molar-refractivity contribution in [1.82, 2.24) is 29.9 Å². The number of alkyl halides is 1. The summed E-state index contributed by atoms with van der Waals surface area (Å²) in [6.45, 7) is 0.153. The standard InChI is InChI=1S/C26H20ClN3O.C19H15Cl.C7H6ClN3O/c27-23-17-16-22-25(29-23)30-24(28-22)18-31-26(19-10-4-1-5-11-19,20-12-6-2-7-13-20)21-14-8-3-9-15-21;20-19(16-10-4-1-5-11-16,17-12-6-2-7-13-17)18-14-8-3-9-15-18;8-5-2-1-4-7(10-5)11-6(3-12)9-4/h1-17H,18H2,(H,28,29,30);1-15H;1-2,12H,3H2,(H,9,10,11). The number of aromatic amines is 2. The second-order valence-corrected chi connectivity index (χ2v) is 15.7. The number of hydrogen-bond acceptors (Lipinski definition) is 6. The van der Waals surface area contributed by atoms with E-state index in [0.717, 1.165) is 44.4 Å². The van der Waals surface area contributed by atoms with Gasteiger partial charge in [0.05, 0.1) is 11.0 Å². The molecule has 3 N–H and O–H groups in total. The van der Waals surface area contributed by atoms with Crippen LogP contribution in [0.25, 0.3) is 22.3 Å². The minimum Gasteiger partial charge on any atom is -0.388 e. The van der Waals surface area contributed by atoms with Crippen LogP contribution in [0.15, 0.2) is 206 Å². The van der Waals surface area contributed by atoms with Crippen LogP contribution in [-0.2, 0) is 28.4 Å². The van der Waals surface area contributed by atoms with Crippen LogP contribution < -0.4 is 0 Å². The van der Waals surface area contributed by atoms with Crippen LogP contribution in [0, 0.1) is 0 Å². The fourth-order valence-corrected chi connectivity index (χ4v) is 8.09. The Morgan fingerprint density at radius 1 is 0.413 bits per heavy atom. The van der Waals surface area contributed by atoms with Crippen LogP contribution in [0.2, 0.25) is 10.3 Å². The lowest BCUT2D eigenvalue weighted by Crippen LogP contribution is -2.33. The van der Waals surface area contributed by atoms with E-state index in [-0.39, 0.29) is 13.2 Å². The van der Waals surface area contributed by atoms with E-state index in [1.807, 2.05) is 115 Å². The Balaban J connectivity index is 0.000000145. The first kappa shape index (κ1) is 43.0. The number of hydrogen-bond donors (Lipinski definition) is 3. The van der Waals surface area contributed by atoms with Gasteiger partial charge >= 0.3 is 0 Å². The van der Waals surface area contributed by atoms with Gasteiger partial charge in [-0.2, -0.15) is 0 Å². The maximum absolute atomic E-state index is 8.75. The molecule has 0 spiro atoms. The number of rotatable bonds is 10. The molecule has 10 rings (SSSR count). The predicted molar refractivity (Wildman–Crippen MR) is 253 cm³/mol. The number of fused-ring (bicyclic) bond motifs is 2. The number of imidazole rings is 2. The topological polar surface area (TPSA) is 113 Å². The maximum Gasteiger partial charge on any atom is 0.179 e. The number of benzene rings is 6. The summed E-state index contributed by atoms with van der Waals surface area (Å²) in [6.07, 6.45) is 0. The van der Waals surface area contributed by atoms with E-state index in [2.05, 4.69) is 103 Å². The van der Waals surface area contributed by atoms with E-state index in [0.29, 0.717) is 33.2 Å². The smallest absolute Gasteiger partial charge is 0.179 e. The van der Waals surface area contributed by atoms with Gasteiger partial charge in [0, 0.05) is 0 Å². The Kier molecular flexibility index (Phi) is 13.7. The van der Waals surface area contributed by atoms with Crippen LogP contribution in [-0.4, -0.2) is 35.0 Å². The first-order valence-corrected chi connectivity index (χ1v) is 21.3. The second-order valence-electron chi connectivity index (χ2n) is 14.4. The lowest BCUT2D eigenvalue weighted by atomic mass is 9.80. The fraction of sp³-hybridized carbons (Fsp3) is 0.0769. The van der Waals surface area contributed by atoms with Crippen molar-refractivity contribution >= 4 is 57.1 Å². The van der Waals surface area contributed by atoms with Crippen molar-refractivity contribution in [2.45, 2.75) is 23.7 Å². The lowest BCUT2D eigenvalue weighted by Gasteiger charge is -2.35. The van der Waals surface area contributed by atoms with Crippen molar-refractivity contribution < 1.29 is 9.84 Å². The number of aromatic nitrogens is 6. The van der Waals surface area contributed by atoms with Crippen molar-refractivity contribution in [3.05, 3.63) is 262 Å². The lowest BCUT2D eigenvalue weighted by molar-refractivity contribution is -0.00277. The van der Waals surface area contributed by atoms with Gasteiger partial charge in [-0.1, -0.05) is 205 Å². The second kappa shape index (κ2) is 20.0. The van der Waals surface area contributed by atoms with E-state index in [1.165, 1.54) is 0 Å². The molecule has 0 atom stereocenters. The largest absolute Gasteiger partial charge is 0.388 e. The Bertz CT molecular complexity index is 2780. The fourth-order valence-electron chi connectivity index (χ4n) is 7.43. The molecule has 0 saturated carbocycles. The molecule has 0 unspecified atom stereocenters. The first-order valence-electron chi connectivity index (χ1n) is 20.2. The SMILES string of the molecule is ClC(c1ccccc1)(c1ccccc1)c1ccccc1.Clc1ccc2[nH]c(COC(c3ccccc3)(c3ccccc3)c3ccccc3)nc2n1.OCc1nc2nc(Cl)ccc2[nH]1. The van der Waals surface area contributed by atoms with Gasteiger partial charge in [0.25, 0.3) is 0 Å². The highest BCUT2D eigenvalue weighted by molar-refractivity contribution is 6.30. The van der Waals surface area contributed by atoms with E-state index >= 15 is 0 Å². The Hall–Kier alpha value is -6.65. The molecule has 0 saturated heterocycles. The van der Waals surface area contributed by atoms with Crippen molar-refractivity contribution in [2.24, 2.45) is 0 Å². The minimum atomic E-state index is -0.798. The van der Waals surface area contributed by atoms with Crippen LogP contribution >= 0.6 is 34.8 Å². The molecule has 0 aliphatic heterocycles. The van der Waals surface area contributed by atoms with Crippen molar-refractivity contribution in [3.8, 4) is 0 Å². The molecule has 6 aromatic carbocycles. The molecule has 0 bridgehead atoms. The van der Waals surface area contributed by atoms with Crippen molar-refractivity contribution in [1.29, 1.82) is 0 Å². The highest BCUT2D eigenvalue weighted by Crippen LogP contribution is 2.43. The number of nitrogens with one attached hydrogen (secondary N) is 2. The average Bonchev–Trinajstić information content (AvgIpc) is 3.97. The summed E-state index contributed by atoms with van der Waals surface area (Å²) in [6, 6.07) is 68.5. The number of aliphatic hydroxyl groups is 1. The maximum atomic E-state index is 8.75. The van der Waals surface area contributed by atoms with Crippen LogP contribution in [0.1, 0.15) is 45.0 Å². The predicted octanol–water partition coefficient (Wildman–Crippen LogP) is 12.4. The quantitative estimate of drug-likeness (QED) is 0.0716. The number of nitrogens with zero attached hydrogens (tertiary/aromatic N) is 4. The third kappa shape index (κ3) is 9.71. The number of pyridine rings is 2. The van der Waals surface area contributed by atoms with Gasteiger partial charge in [-0.05, 0) is 57.6 Å². The summed E-state index contributed by atoms with van der Waals surface area (Å²) < 4.78 is 6.78. The van der Waals surface area contributed by atoms with Gasteiger partial charge in [0.15, 0.2) is 11.3 Å². The van der Waals surface area contributed by atoms with Crippen LogP contribution in [0.3, 0.4) is 0 Å². The number of H-pyrrole nitrogens is 2. The summed E-state index contributed by atoms with van der Waals surface area (Å²) in [7, 11) is 0. The average molecular weight is 888 g/mol. The Labute approximate surface area is 380 Å². The zero-order valence-corrected chi connectivity index (χ0v) is 36.1. The van der Waals surface area contributed by atoms with Crippen LogP contribution in [0.4, 0.5) is 0 Å². The number of ether oxygens (including phenoxy) is 1. The monoisotopic (exact) mass is 886 g/mol. The first-order chi connectivity index (χ1) is 30.9. The highest BCUT2D eigenvalue weighted by atomic mass is 35.5. The molecule has 0 aliphatic carbocycles. The Morgan fingerprint density at radius 3 is 1.08 bits per heavy atom. The number of halogens is 3.